The van der Waals surface area contributed by atoms with Crippen molar-refractivity contribution in [3.8, 4) is 17.1 Å². The standard InChI is InChI=1S/C27H22BrF2N5O5/c1-15-5-3-6-19(29)18(15)14-33-25-23(21(13-28)35(31-25)17-11-9-16(10-12-17)32-40-38)26(36)34(27(33)37)20-7-4-8-22(39-2)24(20)30/h3-12,32,38H,13-14H2,1-2H3. The van der Waals surface area contributed by atoms with E-state index >= 15 is 4.39 Å². The summed E-state index contributed by atoms with van der Waals surface area (Å²) >= 11 is 3.41. The van der Waals surface area contributed by atoms with Crippen LogP contribution in [0.15, 0.2) is 70.3 Å². The molecule has 5 rings (SSSR count). The Bertz CT molecular complexity index is 1830. The van der Waals surface area contributed by atoms with Crippen LogP contribution >= 0.6 is 15.9 Å². The largest absolute Gasteiger partial charge is 0.494 e. The summed E-state index contributed by atoms with van der Waals surface area (Å²) in [6.07, 6.45) is 0. The van der Waals surface area contributed by atoms with E-state index in [-0.39, 0.29) is 39.9 Å². The average Bonchev–Trinajstić information content (AvgIpc) is 3.34. The fourth-order valence-electron chi connectivity index (χ4n) is 4.53. The molecule has 3 aromatic carbocycles. The molecule has 0 saturated carbocycles. The molecule has 0 radical (unpaired) electrons. The molecule has 0 bridgehead atoms. The van der Waals surface area contributed by atoms with Gasteiger partial charge in [-0.05, 0) is 55.0 Å². The number of fused-ring (bicyclic) bond motifs is 1. The molecule has 5 aromatic rings. The van der Waals surface area contributed by atoms with E-state index in [9.17, 15) is 14.0 Å². The molecule has 0 spiro atoms. The second-order valence-corrected chi connectivity index (χ2v) is 9.33. The molecule has 0 atom stereocenters. The highest BCUT2D eigenvalue weighted by Gasteiger charge is 2.26. The predicted octanol–water partition coefficient (Wildman–Crippen LogP) is 4.69. The van der Waals surface area contributed by atoms with Crippen molar-refractivity contribution in [2.75, 3.05) is 12.6 Å². The molecule has 13 heteroatoms. The van der Waals surface area contributed by atoms with Gasteiger partial charge in [0.2, 0.25) is 0 Å². The number of aryl methyl sites for hydroxylation is 1. The number of anilines is 1. The van der Waals surface area contributed by atoms with Crippen LogP contribution in [0.2, 0.25) is 0 Å². The number of nitrogens with one attached hydrogen (secondary N) is 1. The van der Waals surface area contributed by atoms with Crippen LogP contribution in [0.25, 0.3) is 22.4 Å². The summed E-state index contributed by atoms with van der Waals surface area (Å²) < 4.78 is 38.7. The normalized spacial score (nSPS) is 11.2. The quantitative estimate of drug-likeness (QED) is 0.148. The zero-order chi connectivity index (χ0) is 28.6. The van der Waals surface area contributed by atoms with Crippen molar-refractivity contribution < 1.29 is 23.8 Å². The molecule has 40 heavy (non-hydrogen) atoms. The lowest BCUT2D eigenvalue weighted by molar-refractivity contribution is -0.215. The Hall–Kier alpha value is -4.33. The van der Waals surface area contributed by atoms with Crippen LogP contribution in [0.3, 0.4) is 0 Å². The number of nitrogens with zero attached hydrogens (tertiary/aromatic N) is 4. The van der Waals surface area contributed by atoms with Gasteiger partial charge in [0.05, 0.1) is 36.4 Å². The molecule has 0 amide bonds. The second-order valence-electron chi connectivity index (χ2n) is 8.77. The first-order chi connectivity index (χ1) is 19.3. The second kappa shape index (κ2) is 11.0. The third-order valence-electron chi connectivity index (χ3n) is 6.53. The lowest BCUT2D eigenvalue weighted by Gasteiger charge is -2.14. The van der Waals surface area contributed by atoms with Crippen LogP contribution in [0.4, 0.5) is 14.5 Å². The van der Waals surface area contributed by atoms with E-state index in [1.165, 1.54) is 36.1 Å². The molecular formula is C27H22BrF2N5O5. The lowest BCUT2D eigenvalue weighted by Crippen LogP contribution is -2.40. The Morgan fingerprint density at radius 1 is 1.05 bits per heavy atom. The highest BCUT2D eigenvalue weighted by Crippen LogP contribution is 2.26. The predicted molar refractivity (Wildman–Crippen MR) is 148 cm³/mol. The van der Waals surface area contributed by atoms with Crippen molar-refractivity contribution in [3.05, 3.63) is 110 Å². The van der Waals surface area contributed by atoms with Crippen LogP contribution in [0, 0.1) is 18.6 Å². The van der Waals surface area contributed by atoms with E-state index in [0.29, 0.717) is 27.2 Å². The molecule has 2 N–H and O–H groups in total. The number of hydrogen-bond acceptors (Lipinski definition) is 7. The Balaban J connectivity index is 1.87. The zero-order valence-corrected chi connectivity index (χ0v) is 22.8. The van der Waals surface area contributed by atoms with Crippen LogP contribution in [0.5, 0.6) is 5.75 Å². The van der Waals surface area contributed by atoms with E-state index in [2.05, 4.69) is 31.5 Å². The smallest absolute Gasteiger partial charge is 0.337 e. The number of rotatable bonds is 8. The maximum atomic E-state index is 15.4. The van der Waals surface area contributed by atoms with Crippen molar-refractivity contribution in [2.24, 2.45) is 0 Å². The summed E-state index contributed by atoms with van der Waals surface area (Å²) in [6.45, 7) is 1.43. The third kappa shape index (κ3) is 4.57. The lowest BCUT2D eigenvalue weighted by atomic mass is 10.1. The van der Waals surface area contributed by atoms with E-state index in [1.807, 2.05) is 0 Å². The first-order valence-corrected chi connectivity index (χ1v) is 13.0. The number of aromatic nitrogens is 4. The summed E-state index contributed by atoms with van der Waals surface area (Å²) in [6, 6.07) is 15.1. The maximum absolute atomic E-state index is 15.4. The van der Waals surface area contributed by atoms with Gasteiger partial charge in [-0.15, -0.1) is 10.1 Å². The summed E-state index contributed by atoms with van der Waals surface area (Å²) in [5, 5.41) is 13.4. The molecule has 0 aliphatic heterocycles. The number of ether oxygens (including phenoxy) is 1. The van der Waals surface area contributed by atoms with E-state index in [0.717, 1.165) is 4.57 Å². The Kier molecular flexibility index (Phi) is 7.52. The topological polar surface area (TPSA) is 113 Å². The SMILES string of the molecule is COc1cccc(-n2c(=O)c3c(CBr)n(-c4ccc(NOO)cc4)nc3n(Cc3c(C)cccc3F)c2=O)c1F. The van der Waals surface area contributed by atoms with Crippen molar-refractivity contribution in [1.82, 2.24) is 18.9 Å². The first kappa shape index (κ1) is 27.2. The molecule has 0 aliphatic carbocycles. The Morgan fingerprint density at radius 2 is 1.77 bits per heavy atom. The Morgan fingerprint density at radius 3 is 2.42 bits per heavy atom. The van der Waals surface area contributed by atoms with Crippen LogP contribution in [-0.4, -0.2) is 31.3 Å². The zero-order valence-electron chi connectivity index (χ0n) is 21.2. The summed E-state index contributed by atoms with van der Waals surface area (Å²) in [5.41, 5.74) is 2.37. The van der Waals surface area contributed by atoms with Gasteiger partial charge in [-0.3, -0.25) is 9.36 Å². The molecule has 206 valence electrons. The molecule has 2 aromatic heterocycles. The first-order valence-electron chi connectivity index (χ1n) is 11.9. The van der Waals surface area contributed by atoms with Gasteiger partial charge in [0.15, 0.2) is 17.2 Å². The number of alkyl halides is 1. The van der Waals surface area contributed by atoms with Gasteiger partial charge >= 0.3 is 5.69 Å². The fourth-order valence-corrected chi connectivity index (χ4v) is 5.05. The molecule has 0 saturated heterocycles. The van der Waals surface area contributed by atoms with Gasteiger partial charge in [0.25, 0.3) is 5.56 Å². The molecule has 2 heterocycles. The van der Waals surface area contributed by atoms with Crippen molar-refractivity contribution >= 4 is 32.7 Å². The monoisotopic (exact) mass is 613 g/mol. The molecule has 0 fully saturated rings. The van der Waals surface area contributed by atoms with Gasteiger partial charge in [-0.25, -0.2) is 33.6 Å². The van der Waals surface area contributed by atoms with Crippen LogP contribution < -0.4 is 21.5 Å². The number of benzene rings is 3. The van der Waals surface area contributed by atoms with E-state index in [1.54, 1.807) is 43.3 Å². The van der Waals surface area contributed by atoms with Gasteiger partial charge in [-0.2, -0.15) is 0 Å². The highest BCUT2D eigenvalue weighted by molar-refractivity contribution is 9.08. The van der Waals surface area contributed by atoms with E-state index < -0.39 is 22.9 Å². The summed E-state index contributed by atoms with van der Waals surface area (Å²) in [7, 11) is 1.27. The van der Waals surface area contributed by atoms with Gasteiger partial charge < -0.3 is 4.74 Å². The van der Waals surface area contributed by atoms with Gasteiger partial charge in [-0.1, -0.05) is 34.1 Å². The number of methoxy groups -OCH3 is 1. The van der Waals surface area contributed by atoms with Crippen LogP contribution in [-0.2, 0) is 16.9 Å². The molecule has 0 unspecified atom stereocenters. The Labute approximate surface area is 233 Å². The maximum Gasteiger partial charge on any atom is 0.337 e. The summed E-state index contributed by atoms with van der Waals surface area (Å²) in [5.74, 6) is -1.60. The minimum absolute atomic E-state index is 0.00690. The van der Waals surface area contributed by atoms with Crippen LogP contribution in [0.1, 0.15) is 16.8 Å². The highest BCUT2D eigenvalue weighted by atomic mass is 79.9. The van der Waals surface area contributed by atoms with Crippen molar-refractivity contribution in [1.29, 1.82) is 0 Å². The number of hydrogen-bond donors (Lipinski definition) is 2. The third-order valence-corrected chi connectivity index (χ3v) is 7.06. The van der Waals surface area contributed by atoms with E-state index in [4.69, 9.17) is 9.99 Å². The van der Waals surface area contributed by atoms with Crippen molar-refractivity contribution in [3.63, 3.8) is 0 Å². The molecule has 10 nitrogen and oxygen atoms in total. The minimum Gasteiger partial charge on any atom is -0.494 e. The van der Waals surface area contributed by atoms with Crippen molar-refractivity contribution in [2.45, 2.75) is 18.8 Å². The van der Waals surface area contributed by atoms with Gasteiger partial charge in [0, 0.05) is 10.9 Å². The number of halogens is 3. The molecular weight excluding hydrogens is 592 g/mol. The average molecular weight is 614 g/mol. The molecule has 0 aliphatic rings. The fraction of sp³-hybridized carbons (Fsp3) is 0.148. The minimum atomic E-state index is -0.905. The summed E-state index contributed by atoms with van der Waals surface area (Å²) in [4.78, 5) is 31.8. The van der Waals surface area contributed by atoms with Gasteiger partial charge in [0.1, 0.15) is 11.2 Å².